The Hall–Kier alpha value is -0.980. The van der Waals surface area contributed by atoms with Gasteiger partial charge in [-0.3, -0.25) is 4.79 Å². The summed E-state index contributed by atoms with van der Waals surface area (Å²) >= 11 is 0. The SMILES string of the molecule is C=P(O)(O)OCCCC(=O)C(N)Cc1cnc[nH]1. The molecule has 1 unspecified atom stereocenters. The third-order valence-electron chi connectivity index (χ3n) is 2.27. The number of rotatable bonds is 8. The van der Waals surface area contributed by atoms with Crippen LogP contribution in [0, 0.1) is 0 Å². The van der Waals surface area contributed by atoms with Crippen molar-refractivity contribution < 1.29 is 19.1 Å². The van der Waals surface area contributed by atoms with Crippen LogP contribution in [0.25, 0.3) is 0 Å². The number of aromatic nitrogens is 2. The topological polar surface area (TPSA) is 121 Å². The fourth-order valence-corrected chi connectivity index (χ4v) is 1.81. The molecule has 1 rings (SSSR count). The molecule has 0 saturated carbocycles. The summed E-state index contributed by atoms with van der Waals surface area (Å²) in [7, 11) is -3.45. The molecule has 0 fully saturated rings. The minimum atomic E-state index is -3.45. The van der Waals surface area contributed by atoms with E-state index in [0.29, 0.717) is 12.8 Å². The number of ketones is 1. The van der Waals surface area contributed by atoms with Gasteiger partial charge in [-0.1, -0.05) is 0 Å². The van der Waals surface area contributed by atoms with Crippen molar-refractivity contribution in [2.45, 2.75) is 25.3 Å². The highest BCUT2D eigenvalue weighted by Crippen LogP contribution is 2.34. The summed E-state index contributed by atoms with van der Waals surface area (Å²) in [5, 5.41) is 0. The maximum atomic E-state index is 11.6. The molecule has 0 saturated heterocycles. The van der Waals surface area contributed by atoms with Crippen molar-refractivity contribution in [1.82, 2.24) is 9.97 Å². The maximum absolute atomic E-state index is 11.6. The molecule has 7 nitrogen and oxygen atoms in total. The van der Waals surface area contributed by atoms with E-state index in [2.05, 4.69) is 20.8 Å². The molecule has 1 heterocycles. The van der Waals surface area contributed by atoms with Crippen LogP contribution in [0.5, 0.6) is 0 Å². The fourth-order valence-electron chi connectivity index (χ4n) is 1.39. The van der Waals surface area contributed by atoms with Gasteiger partial charge in [0.25, 0.3) is 0 Å². The van der Waals surface area contributed by atoms with Crippen molar-refractivity contribution in [2.24, 2.45) is 5.73 Å². The highest BCUT2D eigenvalue weighted by molar-refractivity contribution is 7.57. The Morgan fingerprint density at radius 1 is 1.67 bits per heavy atom. The van der Waals surface area contributed by atoms with Gasteiger partial charge in [0, 0.05) is 24.7 Å². The van der Waals surface area contributed by atoms with E-state index < -0.39 is 13.6 Å². The minimum absolute atomic E-state index is 0.0762. The Labute approximate surface area is 105 Å². The molecular weight excluding hydrogens is 257 g/mol. The lowest BCUT2D eigenvalue weighted by molar-refractivity contribution is -0.120. The number of H-pyrrole nitrogens is 1. The number of nitrogens with zero attached hydrogens (tertiary/aromatic N) is 1. The molecule has 1 atom stereocenters. The summed E-state index contributed by atoms with van der Waals surface area (Å²) in [6.07, 6.45) is 7.22. The lowest BCUT2D eigenvalue weighted by atomic mass is 10.0. The number of hydrogen-bond donors (Lipinski definition) is 4. The molecule has 102 valence electrons. The molecule has 18 heavy (non-hydrogen) atoms. The molecule has 1 aromatic rings. The minimum Gasteiger partial charge on any atom is -0.348 e. The first-order valence-electron chi connectivity index (χ1n) is 5.47. The van der Waals surface area contributed by atoms with Crippen LogP contribution >= 0.6 is 7.57 Å². The zero-order valence-corrected chi connectivity index (χ0v) is 10.8. The summed E-state index contributed by atoms with van der Waals surface area (Å²) in [4.78, 5) is 36.1. The molecule has 0 aliphatic carbocycles. The highest BCUT2D eigenvalue weighted by Gasteiger charge is 2.14. The Morgan fingerprint density at radius 3 is 2.94 bits per heavy atom. The first-order chi connectivity index (χ1) is 8.38. The zero-order valence-electron chi connectivity index (χ0n) is 9.95. The molecule has 0 aliphatic heterocycles. The van der Waals surface area contributed by atoms with Gasteiger partial charge < -0.3 is 25.0 Å². The number of aromatic amines is 1. The summed E-state index contributed by atoms with van der Waals surface area (Å²) in [6.45, 7) is 0.0762. The molecule has 0 aromatic carbocycles. The van der Waals surface area contributed by atoms with Gasteiger partial charge >= 0.3 is 0 Å². The standard InChI is InChI=1S/C10H18N3O4P/c1-18(15,16)17-4-2-3-10(14)9(11)5-8-6-12-7-13-8/h6-7,9,15-16H,1-5,11H2,(H,12,13). The Kier molecular flexibility index (Phi) is 5.71. The van der Waals surface area contributed by atoms with Crippen LogP contribution in [-0.4, -0.2) is 44.5 Å². The second-order valence-corrected chi connectivity index (χ2v) is 5.54. The summed E-state index contributed by atoms with van der Waals surface area (Å²) in [5.74, 6) is -0.0999. The lowest BCUT2D eigenvalue weighted by Crippen LogP contribution is -2.32. The van der Waals surface area contributed by atoms with Crippen molar-refractivity contribution in [2.75, 3.05) is 6.61 Å². The number of nitrogens with two attached hydrogens (primary N) is 1. The zero-order chi connectivity index (χ0) is 13.6. The third kappa shape index (κ3) is 6.09. The molecule has 0 radical (unpaired) electrons. The summed E-state index contributed by atoms with van der Waals surface area (Å²) in [6, 6.07) is -0.590. The van der Waals surface area contributed by atoms with Crippen molar-refractivity contribution in [3.8, 4) is 0 Å². The number of nitrogens with one attached hydrogen (secondary N) is 1. The van der Waals surface area contributed by atoms with Crippen molar-refractivity contribution in [3.63, 3.8) is 0 Å². The van der Waals surface area contributed by atoms with Gasteiger partial charge in [-0.2, -0.15) is 0 Å². The van der Waals surface area contributed by atoms with Crippen molar-refractivity contribution >= 4 is 19.6 Å². The predicted molar refractivity (Wildman–Crippen MR) is 68.9 cm³/mol. The van der Waals surface area contributed by atoms with Crippen LogP contribution in [0.2, 0.25) is 0 Å². The largest absolute Gasteiger partial charge is 0.348 e. The fraction of sp³-hybridized carbons (Fsp3) is 0.500. The molecule has 1 aromatic heterocycles. The Bertz CT molecular complexity index is 415. The van der Waals surface area contributed by atoms with E-state index in [1.807, 2.05) is 0 Å². The molecule has 0 bridgehead atoms. The monoisotopic (exact) mass is 275 g/mol. The van der Waals surface area contributed by atoms with E-state index in [4.69, 9.17) is 15.5 Å². The predicted octanol–water partition coefficient (Wildman–Crippen LogP) is -0.175. The lowest BCUT2D eigenvalue weighted by Gasteiger charge is -2.11. The van der Waals surface area contributed by atoms with Crippen LogP contribution in [0.3, 0.4) is 0 Å². The van der Waals surface area contributed by atoms with Gasteiger partial charge in [0.2, 0.25) is 7.57 Å². The number of carbonyl (C=O) groups excluding carboxylic acids is 1. The number of Topliss-reactive ketones (excluding diaryl/α,β-unsaturated/α-hetero) is 1. The Balaban J connectivity index is 2.22. The van der Waals surface area contributed by atoms with Gasteiger partial charge in [-0.05, 0) is 12.7 Å². The van der Waals surface area contributed by atoms with Crippen molar-refractivity contribution in [3.05, 3.63) is 18.2 Å². The first-order valence-corrected chi connectivity index (χ1v) is 7.27. The van der Waals surface area contributed by atoms with Crippen molar-refractivity contribution in [1.29, 1.82) is 0 Å². The normalized spacial score (nSPS) is 13.5. The van der Waals surface area contributed by atoms with Gasteiger partial charge in [-0.25, -0.2) is 4.98 Å². The second-order valence-electron chi connectivity index (χ2n) is 3.96. The van der Waals surface area contributed by atoms with E-state index >= 15 is 0 Å². The molecule has 0 amide bonds. The van der Waals surface area contributed by atoms with E-state index in [1.54, 1.807) is 6.20 Å². The summed E-state index contributed by atoms with van der Waals surface area (Å²) in [5.41, 5.74) is 6.54. The van der Waals surface area contributed by atoms with Crippen LogP contribution < -0.4 is 5.73 Å². The average Bonchev–Trinajstić information content (AvgIpc) is 2.75. The molecule has 0 aliphatic rings. The smallest absolute Gasteiger partial charge is 0.245 e. The number of imidazole rings is 1. The van der Waals surface area contributed by atoms with Gasteiger partial charge in [0.15, 0.2) is 0 Å². The average molecular weight is 275 g/mol. The second kappa shape index (κ2) is 6.82. The quantitative estimate of drug-likeness (QED) is 0.386. The van der Waals surface area contributed by atoms with E-state index in [-0.39, 0.29) is 18.8 Å². The Morgan fingerprint density at radius 2 is 2.39 bits per heavy atom. The van der Waals surface area contributed by atoms with E-state index in [1.165, 1.54) is 6.33 Å². The maximum Gasteiger partial charge on any atom is 0.245 e. The molecule has 8 heteroatoms. The molecule has 5 N–H and O–H groups in total. The van der Waals surface area contributed by atoms with E-state index in [0.717, 1.165) is 5.69 Å². The van der Waals surface area contributed by atoms with Gasteiger partial charge in [0.05, 0.1) is 19.0 Å². The number of hydrogen-bond acceptors (Lipinski definition) is 6. The van der Waals surface area contributed by atoms with Crippen LogP contribution in [-0.2, 0) is 15.7 Å². The van der Waals surface area contributed by atoms with E-state index in [9.17, 15) is 4.79 Å². The molecular formula is C10H18N3O4P. The third-order valence-corrected chi connectivity index (χ3v) is 2.87. The summed E-state index contributed by atoms with van der Waals surface area (Å²) < 4.78 is 4.67. The van der Waals surface area contributed by atoms with Gasteiger partial charge in [-0.15, -0.1) is 0 Å². The van der Waals surface area contributed by atoms with Gasteiger partial charge in [0.1, 0.15) is 5.78 Å². The highest BCUT2D eigenvalue weighted by atomic mass is 31.2. The van der Waals surface area contributed by atoms with Crippen LogP contribution in [0.1, 0.15) is 18.5 Å². The number of carbonyl (C=O) groups is 1. The first kappa shape index (κ1) is 15.1. The van der Waals surface area contributed by atoms with Crippen LogP contribution in [0.15, 0.2) is 12.5 Å². The molecule has 0 spiro atoms. The van der Waals surface area contributed by atoms with Crippen LogP contribution in [0.4, 0.5) is 0 Å².